The largest absolute Gasteiger partial charge is 0.466 e. The molecule has 1 aliphatic rings. The number of hydrogen-bond donors (Lipinski definition) is 0. The summed E-state index contributed by atoms with van der Waals surface area (Å²) >= 11 is 3.51. The van der Waals surface area contributed by atoms with Crippen molar-refractivity contribution < 1.29 is 9.53 Å². The number of esters is 1. The SMILES string of the molecule is CCOC(=O)CCN1CCC(=C(c2ccsc2)c2ccsc2)CC1. The molecule has 1 fully saturated rings. The van der Waals surface area contributed by atoms with Crippen LogP contribution >= 0.6 is 22.7 Å². The highest BCUT2D eigenvalue weighted by atomic mass is 32.1. The number of carbonyl (C=O) groups is 1. The molecule has 3 nitrogen and oxygen atoms in total. The first-order chi connectivity index (χ1) is 11.8. The van der Waals surface area contributed by atoms with Crippen LogP contribution in [0.4, 0.5) is 0 Å². The van der Waals surface area contributed by atoms with Crippen LogP contribution in [0.3, 0.4) is 0 Å². The molecule has 3 heterocycles. The lowest BCUT2D eigenvalue weighted by atomic mass is 9.91. The Morgan fingerprint density at radius 2 is 1.75 bits per heavy atom. The molecule has 1 aliphatic heterocycles. The molecule has 0 unspecified atom stereocenters. The van der Waals surface area contributed by atoms with E-state index in [1.54, 1.807) is 28.2 Å². The van der Waals surface area contributed by atoms with E-state index in [4.69, 9.17) is 4.74 Å². The van der Waals surface area contributed by atoms with Gasteiger partial charge in [0.15, 0.2) is 0 Å². The number of ether oxygens (including phenoxy) is 1. The predicted molar refractivity (Wildman–Crippen MR) is 102 cm³/mol. The number of nitrogens with zero attached hydrogens (tertiary/aromatic N) is 1. The first-order valence-electron chi connectivity index (χ1n) is 8.43. The van der Waals surface area contributed by atoms with Gasteiger partial charge in [0.05, 0.1) is 13.0 Å². The van der Waals surface area contributed by atoms with Crippen molar-refractivity contribution in [1.29, 1.82) is 0 Å². The Balaban J connectivity index is 1.67. The van der Waals surface area contributed by atoms with E-state index in [9.17, 15) is 4.79 Å². The fraction of sp³-hybridized carbons (Fsp3) is 0.421. The van der Waals surface area contributed by atoms with Gasteiger partial charge in [-0.05, 0) is 70.1 Å². The molecule has 0 amide bonds. The molecule has 0 aromatic carbocycles. The predicted octanol–water partition coefficient (Wildman–Crippen LogP) is 4.66. The highest BCUT2D eigenvalue weighted by Crippen LogP contribution is 2.34. The lowest BCUT2D eigenvalue weighted by molar-refractivity contribution is -0.143. The van der Waals surface area contributed by atoms with Gasteiger partial charge in [0.25, 0.3) is 0 Å². The van der Waals surface area contributed by atoms with Crippen molar-refractivity contribution in [2.24, 2.45) is 0 Å². The van der Waals surface area contributed by atoms with E-state index in [0.29, 0.717) is 13.0 Å². The summed E-state index contributed by atoms with van der Waals surface area (Å²) in [7, 11) is 0. The molecule has 3 rings (SSSR count). The molecule has 0 atom stereocenters. The lowest BCUT2D eigenvalue weighted by Gasteiger charge is -2.29. The van der Waals surface area contributed by atoms with Crippen molar-refractivity contribution >= 4 is 34.2 Å². The van der Waals surface area contributed by atoms with Gasteiger partial charge in [-0.1, -0.05) is 5.57 Å². The molecule has 0 aliphatic carbocycles. The van der Waals surface area contributed by atoms with Crippen molar-refractivity contribution in [3.8, 4) is 0 Å². The van der Waals surface area contributed by atoms with E-state index < -0.39 is 0 Å². The number of thiophene rings is 2. The third kappa shape index (κ3) is 4.35. The highest BCUT2D eigenvalue weighted by molar-refractivity contribution is 7.08. The summed E-state index contributed by atoms with van der Waals surface area (Å²) < 4.78 is 5.02. The van der Waals surface area contributed by atoms with Crippen LogP contribution in [0.5, 0.6) is 0 Å². The topological polar surface area (TPSA) is 29.5 Å². The summed E-state index contributed by atoms with van der Waals surface area (Å²) in [4.78, 5) is 13.9. The van der Waals surface area contributed by atoms with E-state index >= 15 is 0 Å². The second kappa shape index (κ2) is 8.60. The average molecular weight is 362 g/mol. The van der Waals surface area contributed by atoms with Gasteiger partial charge in [-0.15, -0.1) is 0 Å². The third-order valence-corrected chi connectivity index (χ3v) is 5.74. The first kappa shape index (κ1) is 17.4. The second-order valence-electron chi connectivity index (χ2n) is 5.90. The first-order valence-corrected chi connectivity index (χ1v) is 10.3. The standard InChI is InChI=1S/C19H23NO2S2/c1-2-22-18(21)5-10-20-8-3-15(4-9-20)19(16-6-11-23-13-16)17-7-12-24-14-17/h6-7,11-14H,2-5,8-10H2,1H3. The molecule has 0 saturated carbocycles. The van der Waals surface area contributed by atoms with Gasteiger partial charge in [-0.2, -0.15) is 22.7 Å². The van der Waals surface area contributed by atoms with Gasteiger partial charge in [0.1, 0.15) is 0 Å². The Morgan fingerprint density at radius 3 is 2.25 bits per heavy atom. The normalized spacial score (nSPS) is 15.5. The molecule has 0 bridgehead atoms. The van der Waals surface area contributed by atoms with Crippen LogP contribution in [-0.2, 0) is 9.53 Å². The summed E-state index contributed by atoms with van der Waals surface area (Å²) in [6.07, 6.45) is 2.64. The van der Waals surface area contributed by atoms with E-state index in [-0.39, 0.29) is 5.97 Å². The molecule has 24 heavy (non-hydrogen) atoms. The fourth-order valence-electron chi connectivity index (χ4n) is 3.17. The minimum absolute atomic E-state index is 0.0870. The number of carbonyl (C=O) groups excluding carboxylic acids is 1. The molecule has 2 aromatic rings. The summed E-state index contributed by atoms with van der Waals surface area (Å²) in [5.41, 5.74) is 5.64. The number of likely N-dealkylation sites (tertiary alicyclic amines) is 1. The van der Waals surface area contributed by atoms with Crippen molar-refractivity contribution in [1.82, 2.24) is 4.90 Å². The van der Waals surface area contributed by atoms with Crippen LogP contribution in [0.15, 0.2) is 39.2 Å². The molecule has 0 N–H and O–H groups in total. The molecular formula is C19H23NO2S2. The maximum Gasteiger partial charge on any atom is 0.307 e. The van der Waals surface area contributed by atoms with Crippen LogP contribution in [0.25, 0.3) is 5.57 Å². The minimum Gasteiger partial charge on any atom is -0.466 e. The Labute approximate surface area is 151 Å². The Morgan fingerprint density at radius 1 is 1.12 bits per heavy atom. The average Bonchev–Trinajstić information content (AvgIpc) is 3.29. The zero-order valence-corrected chi connectivity index (χ0v) is 15.6. The maximum absolute atomic E-state index is 11.5. The van der Waals surface area contributed by atoms with Crippen molar-refractivity contribution in [3.05, 3.63) is 50.4 Å². The summed E-state index contributed by atoms with van der Waals surface area (Å²) in [5, 5.41) is 8.79. The molecular weight excluding hydrogens is 338 g/mol. The van der Waals surface area contributed by atoms with Crippen molar-refractivity contribution in [2.75, 3.05) is 26.2 Å². The maximum atomic E-state index is 11.5. The molecule has 128 valence electrons. The van der Waals surface area contributed by atoms with Gasteiger partial charge in [0.2, 0.25) is 0 Å². The van der Waals surface area contributed by atoms with E-state index in [2.05, 4.69) is 38.6 Å². The van der Waals surface area contributed by atoms with E-state index in [1.807, 2.05) is 6.92 Å². The molecule has 1 saturated heterocycles. The van der Waals surface area contributed by atoms with Crippen LogP contribution in [0.1, 0.15) is 37.3 Å². The quantitative estimate of drug-likeness (QED) is 0.701. The number of rotatable bonds is 6. The summed E-state index contributed by atoms with van der Waals surface area (Å²) in [6.45, 7) is 5.17. The lowest BCUT2D eigenvalue weighted by Crippen LogP contribution is -2.33. The van der Waals surface area contributed by atoms with Gasteiger partial charge in [-0.3, -0.25) is 4.79 Å². The Bertz CT molecular complexity index is 628. The van der Waals surface area contributed by atoms with Crippen LogP contribution < -0.4 is 0 Å². The van der Waals surface area contributed by atoms with Gasteiger partial charge < -0.3 is 9.64 Å². The molecule has 2 aromatic heterocycles. The Kier molecular flexibility index (Phi) is 6.24. The minimum atomic E-state index is -0.0870. The molecule has 5 heteroatoms. The summed E-state index contributed by atoms with van der Waals surface area (Å²) in [5.74, 6) is -0.0870. The van der Waals surface area contributed by atoms with Gasteiger partial charge in [-0.25, -0.2) is 0 Å². The Hall–Kier alpha value is -1.43. The molecule has 0 spiro atoms. The van der Waals surface area contributed by atoms with Crippen LogP contribution in [0, 0.1) is 0 Å². The zero-order valence-electron chi connectivity index (χ0n) is 14.0. The van der Waals surface area contributed by atoms with Gasteiger partial charge in [0, 0.05) is 19.6 Å². The third-order valence-electron chi connectivity index (χ3n) is 4.37. The van der Waals surface area contributed by atoms with E-state index in [1.165, 1.54) is 16.7 Å². The molecule has 0 radical (unpaired) electrons. The van der Waals surface area contributed by atoms with E-state index in [0.717, 1.165) is 32.5 Å². The smallest absolute Gasteiger partial charge is 0.307 e. The van der Waals surface area contributed by atoms with Crippen LogP contribution in [0.2, 0.25) is 0 Å². The summed E-state index contributed by atoms with van der Waals surface area (Å²) in [6, 6.07) is 4.44. The number of hydrogen-bond acceptors (Lipinski definition) is 5. The zero-order chi connectivity index (χ0) is 16.8. The van der Waals surface area contributed by atoms with Crippen LogP contribution in [-0.4, -0.2) is 37.1 Å². The second-order valence-corrected chi connectivity index (χ2v) is 7.46. The number of piperidine rings is 1. The van der Waals surface area contributed by atoms with Crippen molar-refractivity contribution in [2.45, 2.75) is 26.2 Å². The van der Waals surface area contributed by atoms with Gasteiger partial charge >= 0.3 is 5.97 Å². The highest BCUT2D eigenvalue weighted by Gasteiger charge is 2.20. The van der Waals surface area contributed by atoms with Crippen molar-refractivity contribution in [3.63, 3.8) is 0 Å². The monoisotopic (exact) mass is 361 g/mol. The fourth-order valence-corrected chi connectivity index (χ4v) is 4.46.